The fraction of sp³-hybridized carbons (Fsp3) is 0. The molecule has 5 aromatic carbocycles. The summed E-state index contributed by atoms with van der Waals surface area (Å²) in [5.41, 5.74) is 2.49. The van der Waals surface area contributed by atoms with Crippen LogP contribution in [0, 0.1) is 0 Å². The van der Waals surface area contributed by atoms with Gasteiger partial charge in [0, 0.05) is 6.20 Å². The Labute approximate surface area is 187 Å². The Morgan fingerprint density at radius 3 is 2.03 bits per heavy atom. The number of nitrogens with zero attached hydrogens (tertiary/aromatic N) is 1. The minimum Gasteiger partial charge on any atom is -0.335 e. The molecule has 4 heteroatoms. The van der Waals surface area contributed by atoms with Crippen LogP contribution in [0.4, 0.5) is 5.25 Å². The molecule has 1 nitrogen and oxygen atoms in total. The molecule has 6 rings (SSSR count). The zero-order valence-corrected chi connectivity index (χ0v) is 18.6. The molecular formula is C26H19F2NZr. The topological polar surface area (TPSA) is 4.93 Å². The number of fused-ring (bicyclic) bond motifs is 3. The predicted octanol–water partition coefficient (Wildman–Crippen LogP) is 7.90. The van der Waals surface area contributed by atoms with Gasteiger partial charge in [-0.25, -0.2) is 0 Å². The van der Waals surface area contributed by atoms with Gasteiger partial charge in [-0.15, -0.1) is 70.8 Å². The van der Waals surface area contributed by atoms with Crippen LogP contribution in [0.3, 0.4) is 0 Å². The van der Waals surface area contributed by atoms with Gasteiger partial charge in [-0.3, -0.25) is 0 Å². The number of hydrogen-bond donors (Lipinski definition) is 0. The molecule has 0 unspecified atom stereocenters. The number of para-hydroxylation sites is 1. The number of benzene rings is 3. The first-order valence-corrected chi connectivity index (χ1v) is 11.4. The smallest absolute Gasteiger partial charge is 0.0511 e. The number of aromatic nitrogens is 1. The minimum atomic E-state index is -2.77. The van der Waals surface area contributed by atoms with E-state index < -0.39 is 24.5 Å². The molecule has 30 heavy (non-hydrogen) atoms. The third-order valence-corrected chi connectivity index (χ3v) is 5.03. The van der Waals surface area contributed by atoms with Gasteiger partial charge in [0.15, 0.2) is 0 Å². The standard InChI is InChI=1S/C17H12N.C9H7.2FH.Zr/c1-2-7-15-12-16(11-14(15)6-1)18-10-9-13-5-3-4-8-17(13)18;1-2-5-9-7-3-6-8(9)4-1;;;/h1-12H;1-7H;2*1H;/q2*-1;;;+4/p-2. The summed E-state index contributed by atoms with van der Waals surface area (Å²) in [6, 6.07) is 38.3. The second-order valence-electron chi connectivity index (χ2n) is 6.81. The van der Waals surface area contributed by atoms with Gasteiger partial charge < -0.3 is 4.57 Å². The van der Waals surface area contributed by atoms with E-state index in [0.717, 1.165) is 0 Å². The van der Waals surface area contributed by atoms with Crippen molar-refractivity contribution >= 4 is 32.4 Å². The van der Waals surface area contributed by atoms with Crippen LogP contribution in [0.2, 0.25) is 0 Å². The summed E-state index contributed by atoms with van der Waals surface area (Å²) in [6.07, 6.45) is 2.14. The van der Waals surface area contributed by atoms with Crippen molar-refractivity contribution in [3.05, 3.63) is 115 Å². The second-order valence-corrected chi connectivity index (χ2v) is 7.16. The van der Waals surface area contributed by atoms with E-state index in [4.69, 9.17) is 0 Å². The molecule has 0 N–H and O–H groups in total. The van der Waals surface area contributed by atoms with E-state index in [1.807, 2.05) is 0 Å². The second kappa shape index (κ2) is 9.78. The zero-order chi connectivity index (χ0) is 20.8. The molecule has 0 amide bonds. The maximum atomic E-state index is 9.80. The Morgan fingerprint density at radius 1 is 0.667 bits per heavy atom. The monoisotopic (exact) mass is 473 g/mol. The van der Waals surface area contributed by atoms with E-state index in [9.17, 15) is 5.25 Å². The third-order valence-electron chi connectivity index (χ3n) is 5.03. The molecule has 0 saturated carbocycles. The summed E-state index contributed by atoms with van der Waals surface area (Å²) in [4.78, 5) is 0. The van der Waals surface area contributed by atoms with Gasteiger partial charge in [-0.2, -0.15) is 17.5 Å². The van der Waals surface area contributed by atoms with Crippen LogP contribution in [0.15, 0.2) is 115 Å². The molecule has 6 aromatic rings. The van der Waals surface area contributed by atoms with E-state index in [1.54, 1.807) is 0 Å². The van der Waals surface area contributed by atoms with E-state index in [2.05, 4.69) is 120 Å². The van der Waals surface area contributed by atoms with E-state index in [1.165, 1.54) is 38.1 Å². The first-order chi connectivity index (χ1) is 14.8. The number of rotatable bonds is 1. The van der Waals surface area contributed by atoms with Crippen LogP contribution in [-0.2, 0) is 24.5 Å². The van der Waals surface area contributed by atoms with Gasteiger partial charge in [0.1, 0.15) is 0 Å². The van der Waals surface area contributed by atoms with Crippen molar-refractivity contribution in [2.45, 2.75) is 0 Å². The van der Waals surface area contributed by atoms with Crippen molar-refractivity contribution < 1.29 is 29.7 Å². The Balaban J connectivity index is 0.000000152. The van der Waals surface area contributed by atoms with Crippen LogP contribution in [0.5, 0.6) is 0 Å². The third kappa shape index (κ3) is 4.50. The Hall–Kier alpha value is -2.84. The van der Waals surface area contributed by atoms with Gasteiger partial charge in [0.05, 0.1) is 5.52 Å². The van der Waals surface area contributed by atoms with E-state index >= 15 is 0 Å². The first kappa shape index (κ1) is 20.4. The van der Waals surface area contributed by atoms with Crippen molar-refractivity contribution in [1.29, 1.82) is 0 Å². The Kier molecular flexibility index (Phi) is 6.66. The SMILES string of the molecule is [F][Zr+2][F].c1ccc2[cH-]c(-n3ccc4ccccc43)cc2c1.c1ccc2[cH-]ccc2c1. The zero-order valence-electron chi connectivity index (χ0n) is 16.2. The van der Waals surface area contributed by atoms with Crippen LogP contribution >= 0.6 is 0 Å². The summed E-state index contributed by atoms with van der Waals surface area (Å²) in [7, 11) is 0. The minimum absolute atomic E-state index is 1.23. The molecule has 0 atom stereocenters. The predicted molar refractivity (Wildman–Crippen MR) is 118 cm³/mol. The van der Waals surface area contributed by atoms with Gasteiger partial charge in [-0.1, -0.05) is 30.3 Å². The average Bonchev–Trinajstić information content (AvgIpc) is 3.51. The molecule has 0 fully saturated rings. The fourth-order valence-electron chi connectivity index (χ4n) is 3.65. The number of hydrogen-bond acceptors (Lipinski definition) is 0. The van der Waals surface area contributed by atoms with Crippen LogP contribution in [0.25, 0.3) is 38.1 Å². The average molecular weight is 475 g/mol. The van der Waals surface area contributed by atoms with Crippen LogP contribution in [-0.4, -0.2) is 4.57 Å². The van der Waals surface area contributed by atoms with Crippen molar-refractivity contribution in [2.75, 3.05) is 0 Å². The molecular weight excluding hydrogens is 456 g/mol. The van der Waals surface area contributed by atoms with E-state index in [0.29, 0.717) is 0 Å². The molecule has 1 aromatic heterocycles. The summed E-state index contributed by atoms with van der Waals surface area (Å²) in [5, 5.41) is 6.54. The molecule has 0 aliphatic rings. The molecule has 1 heterocycles. The van der Waals surface area contributed by atoms with Crippen LogP contribution < -0.4 is 0 Å². The van der Waals surface area contributed by atoms with Gasteiger partial charge >= 0.3 is 29.7 Å². The summed E-state index contributed by atoms with van der Waals surface area (Å²) in [5.74, 6) is 0. The van der Waals surface area contributed by atoms with Gasteiger partial charge in [0.2, 0.25) is 0 Å². The van der Waals surface area contributed by atoms with Gasteiger partial charge in [-0.05, 0) is 23.2 Å². The van der Waals surface area contributed by atoms with Crippen molar-refractivity contribution in [3.8, 4) is 5.69 Å². The maximum absolute atomic E-state index is 9.80. The fourth-order valence-corrected chi connectivity index (χ4v) is 3.65. The molecule has 0 saturated heterocycles. The largest absolute Gasteiger partial charge is 0.335 e. The normalized spacial score (nSPS) is 10.2. The maximum Gasteiger partial charge on any atom is 0.0511 e. The van der Waals surface area contributed by atoms with Gasteiger partial charge in [0.25, 0.3) is 0 Å². The first-order valence-electron chi connectivity index (χ1n) is 9.59. The Morgan fingerprint density at radius 2 is 1.30 bits per heavy atom. The van der Waals surface area contributed by atoms with Crippen molar-refractivity contribution in [2.24, 2.45) is 0 Å². The Bertz CT molecular complexity index is 1300. The van der Waals surface area contributed by atoms with Crippen molar-refractivity contribution in [1.82, 2.24) is 4.57 Å². The molecule has 0 aliphatic heterocycles. The van der Waals surface area contributed by atoms with Crippen molar-refractivity contribution in [3.63, 3.8) is 0 Å². The summed E-state index contributed by atoms with van der Waals surface area (Å²) >= 11 is -2.77. The molecule has 0 bridgehead atoms. The molecule has 146 valence electrons. The summed E-state index contributed by atoms with van der Waals surface area (Å²) in [6.45, 7) is 0. The number of halogens is 2. The molecule has 0 radical (unpaired) electrons. The quantitative estimate of drug-likeness (QED) is 0.213. The molecule has 0 spiro atoms. The summed E-state index contributed by atoms with van der Waals surface area (Å²) < 4.78 is 21.8. The van der Waals surface area contributed by atoms with Crippen LogP contribution in [0.1, 0.15) is 0 Å². The van der Waals surface area contributed by atoms with E-state index in [-0.39, 0.29) is 0 Å². The molecule has 0 aliphatic carbocycles.